The maximum absolute atomic E-state index is 10.8. The highest BCUT2D eigenvalue weighted by Gasteiger charge is 2.34. The van der Waals surface area contributed by atoms with Crippen molar-refractivity contribution in [2.45, 2.75) is 64.5 Å². The fraction of sp³-hybridized carbons (Fsp3) is 0.667. The fourth-order valence-electron chi connectivity index (χ4n) is 3.13. The van der Waals surface area contributed by atoms with E-state index in [4.69, 9.17) is 11.6 Å². The van der Waals surface area contributed by atoms with Crippen LogP contribution in [0.3, 0.4) is 0 Å². The first-order valence-corrected chi connectivity index (χ1v) is 8.47. The Morgan fingerprint density at radius 1 is 1.19 bits per heavy atom. The molecule has 1 atom stereocenters. The smallest absolute Gasteiger partial charge is 0.0759 e. The fourth-order valence-corrected chi connectivity index (χ4v) is 3.45. The van der Waals surface area contributed by atoms with Crippen molar-refractivity contribution in [3.63, 3.8) is 0 Å². The Kier molecular flexibility index (Phi) is 5.70. The Morgan fingerprint density at radius 2 is 1.81 bits per heavy atom. The van der Waals surface area contributed by atoms with E-state index in [1.165, 1.54) is 25.7 Å². The molecule has 1 aromatic rings. The van der Waals surface area contributed by atoms with E-state index >= 15 is 0 Å². The molecule has 3 heteroatoms. The number of halogens is 1. The van der Waals surface area contributed by atoms with Gasteiger partial charge in [-0.15, -0.1) is 0 Å². The lowest BCUT2D eigenvalue weighted by Gasteiger charge is -2.41. The van der Waals surface area contributed by atoms with Gasteiger partial charge >= 0.3 is 0 Å². The maximum atomic E-state index is 10.8. The van der Waals surface area contributed by atoms with Crippen LogP contribution >= 0.6 is 11.6 Å². The van der Waals surface area contributed by atoms with Crippen molar-refractivity contribution in [3.05, 3.63) is 34.3 Å². The first-order chi connectivity index (χ1) is 9.91. The summed E-state index contributed by atoms with van der Waals surface area (Å²) < 4.78 is 0. The van der Waals surface area contributed by atoms with Crippen LogP contribution < -0.4 is 0 Å². The van der Waals surface area contributed by atoms with Gasteiger partial charge in [0.25, 0.3) is 0 Å². The van der Waals surface area contributed by atoms with Crippen LogP contribution in [0.15, 0.2) is 18.2 Å². The summed E-state index contributed by atoms with van der Waals surface area (Å²) in [6.45, 7) is 8.53. The van der Waals surface area contributed by atoms with Gasteiger partial charge in [0.05, 0.1) is 6.10 Å². The van der Waals surface area contributed by atoms with Gasteiger partial charge in [0, 0.05) is 17.0 Å². The molecule has 0 bridgehead atoms. The van der Waals surface area contributed by atoms with E-state index < -0.39 is 6.10 Å². The first kappa shape index (κ1) is 16.8. The molecule has 1 N–H and O–H groups in total. The van der Waals surface area contributed by atoms with Crippen LogP contribution in [-0.2, 0) is 6.42 Å². The summed E-state index contributed by atoms with van der Waals surface area (Å²) in [4.78, 5) is 2.45. The number of aryl methyl sites for hydroxylation is 1. The van der Waals surface area contributed by atoms with Crippen molar-refractivity contribution in [1.82, 2.24) is 4.90 Å². The third-order valence-corrected chi connectivity index (χ3v) is 5.21. The topological polar surface area (TPSA) is 23.5 Å². The lowest BCUT2D eigenvalue weighted by atomic mass is 9.89. The summed E-state index contributed by atoms with van der Waals surface area (Å²) in [5.74, 6) is 0. The molecule has 0 amide bonds. The van der Waals surface area contributed by atoms with E-state index in [-0.39, 0.29) is 5.54 Å². The molecule has 2 nitrogen and oxygen atoms in total. The van der Waals surface area contributed by atoms with Crippen molar-refractivity contribution in [2.24, 2.45) is 0 Å². The van der Waals surface area contributed by atoms with Crippen LogP contribution in [-0.4, -0.2) is 34.7 Å². The number of likely N-dealkylation sites (tertiary alicyclic amines) is 1. The lowest BCUT2D eigenvalue weighted by Crippen LogP contribution is -2.53. The summed E-state index contributed by atoms with van der Waals surface area (Å²) in [6, 6.07) is 6.08. The third-order valence-electron chi connectivity index (χ3n) is 4.86. The Labute approximate surface area is 134 Å². The second-order valence-corrected chi connectivity index (χ2v) is 7.28. The Bertz CT molecular complexity index is 464. The van der Waals surface area contributed by atoms with Crippen LogP contribution in [0.1, 0.15) is 50.7 Å². The minimum atomic E-state index is -0.407. The molecule has 1 fully saturated rings. The van der Waals surface area contributed by atoms with Gasteiger partial charge in [0.15, 0.2) is 0 Å². The first-order valence-electron chi connectivity index (χ1n) is 8.09. The minimum absolute atomic E-state index is 0.210. The molecular formula is C18H28ClNO. The molecule has 1 unspecified atom stereocenters. The highest BCUT2D eigenvalue weighted by atomic mass is 35.5. The summed E-state index contributed by atoms with van der Waals surface area (Å²) in [6.07, 6.45) is 5.31. The Balaban J connectivity index is 2.07. The number of nitrogens with zero attached hydrogens (tertiary/aromatic N) is 1. The van der Waals surface area contributed by atoms with Crippen LogP contribution in [0.4, 0.5) is 0 Å². The predicted octanol–water partition coefficient (Wildman–Crippen LogP) is 4.21. The molecule has 118 valence electrons. The molecule has 1 aromatic carbocycles. The Morgan fingerprint density at radius 3 is 2.38 bits per heavy atom. The molecule has 0 aliphatic carbocycles. The zero-order valence-electron chi connectivity index (χ0n) is 13.5. The standard InChI is InChI=1S/C18H28ClNO/c1-14-8-9-15(16(19)12-14)13-17(21)18(2,3)20-10-6-4-5-7-11-20/h8-9,12,17,21H,4-7,10-11,13H2,1-3H3. The van der Waals surface area contributed by atoms with E-state index in [1.54, 1.807) is 0 Å². The van der Waals surface area contributed by atoms with E-state index in [0.717, 1.165) is 29.2 Å². The average Bonchev–Trinajstić information content (AvgIpc) is 2.71. The van der Waals surface area contributed by atoms with Gasteiger partial charge in [-0.05, 0) is 63.9 Å². The summed E-state index contributed by atoms with van der Waals surface area (Å²) >= 11 is 6.31. The van der Waals surface area contributed by atoms with Gasteiger partial charge in [-0.25, -0.2) is 0 Å². The number of benzene rings is 1. The van der Waals surface area contributed by atoms with E-state index in [2.05, 4.69) is 24.8 Å². The summed E-state index contributed by atoms with van der Waals surface area (Å²) in [5, 5.41) is 11.5. The number of hydrogen-bond acceptors (Lipinski definition) is 2. The molecule has 0 saturated carbocycles. The number of aliphatic hydroxyl groups is 1. The molecule has 0 radical (unpaired) electrons. The number of aliphatic hydroxyl groups excluding tert-OH is 1. The van der Waals surface area contributed by atoms with Gasteiger partial charge in [-0.1, -0.05) is 36.6 Å². The minimum Gasteiger partial charge on any atom is -0.391 e. The average molecular weight is 310 g/mol. The highest BCUT2D eigenvalue weighted by Crippen LogP contribution is 2.27. The maximum Gasteiger partial charge on any atom is 0.0759 e. The number of hydrogen-bond donors (Lipinski definition) is 1. The molecule has 0 spiro atoms. The zero-order chi connectivity index (χ0) is 15.5. The van der Waals surface area contributed by atoms with Crippen molar-refractivity contribution >= 4 is 11.6 Å². The van der Waals surface area contributed by atoms with Gasteiger partial charge in [-0.3, -0.25) is 4.90 Å². The highest BCUT2D eigenvalue weighted by molar-refractivity contribution is 6.31. The molecule has 1 saturated heterocycles. The van der Waals surface area contributed by atoms with E-state index in [1.807, 2.05) is 19.1 Å². The molecule has 0 aromatic heterocycles. The summed E-state index contributed by atoms with van der Waals surface area (Å²) in [5.41, 5.74) is 1.99. The van der Waals surface area contributed by atoms with Gasteiger partial charge in [0.1, 0.15) is 0 Å². The molecule has 1 aliphatic rings. The monoisotopic (exact) mass is 309 g/mol. The molecule has 2 rings (SSSR count). The second-order valence-electron chi connectivity index (χ2n) is 6.87. The number of rotatable bonds is 4. The second kappa shape index (κ2) is 7.13. The van der Waals surface area contributed by atoms with Gasteiger partial charge in [-0.2, -0.15) is 0 Å². The largest absolute Gasteiger partial charge is 0.391 e. The zero-order valence-corrected chi connectivity index (χ0v) is 14.3. The lowest BCUT2D eigenvalue weighted by molar-refractivity contribution is -0.00785. The quantitative estimate of drug-likeness (QED) is 0.900. The normalized spacial score (nSPS) is 19.3. The van der Waals surface area contributed by atoms with Crippen LogP contribution in [0.25, 0.3) is 0 Å². The molecule has 21 heavy (non-hydrogen) atoms. The van der Waals surface area contributed by atoms with Crippen molar-refractivity contribution in [2.75, 3.05) is 13.1 Å². The van der Waals surface area contributed by atoms with Crippen molar-refractivity contribution in [1.29, 1.82) is 0 Å². The predicted molar refractivity (Wildman–Crippen MR) is 90.0 cm³/mol. The molecule has 1 heterocycles. The van der Waals surface area contributed by atoms with E-state index in [0.29, 0.717) is 6.42 Å². The van der Waals surface area contributed by atoms with E-state index in [9.17, 15) is 5.11 Å². The summed E-state index contributed by atoms with van der Waals surface area (Å²) in [7, 11) is 0. The van der Waals surface area contributed by atoms with Crippen LogP contribution in [0.2, 0.25) is 5.02 Å². The van der Waals surface area contributed by atoms with Crippen molar-refractivity contribution in [3.8, 4) is 0 Å². The Hall–Kier alpha value is -0.570. The van der Waals surface area contributed by atoms with Gasteiger partial charge in [0.2, 0.25) is 0 Å². The molecular weight excluding hydrogens is 282 g/mol. The van der Waals surface area contributed by atoms with Crippen LogP contribution in [0.5, 0.6) is 0 Å². The van der Waals surface area contributed by atoms with Gasteiger partial charge < -0.3 is 5.11 Å². The van der Waals surface area contributed by atoms with Crippen molar-refractivity contribution < 1.29 is 5.11 Å². The SMILES string of the molecule is Cc1ccc(CC(O)C(C)(C)N2CCCCCC2)c(Cl)c1. The third kappa shape index (κ3) is 4.21. The van der Waals surface area contributed by atoms with Crippen LogP contribution in [0, 0.1) is 6.92 Å². The molecule has 1 aliphatic heterocycles.